The molecule has 126 valence electrons. The number of hydrogen-bond donors (Lipinski definition) is 1. The number of carbonyl (C=O) groups excluding carboxylic acids is 1. The summed E-state index contributed by atoms with van der Waals surface area (Å²) in [6.45, 7) is 6.81. The standard InChI is InChI=1S/C17H31N3O2/c18-17(6-2-1-3-7-17)16(21)20-8-4-15(5-9-20)14-19-10-12-22-13-11-19/h15H,1-14,18H2. The average Bonchev–Trinajstić information content (AvgIpc) is 2.56. The Morgan fingerprint density at radius 2 is 1.68 bits per heavy atom. The van der Waals surface area contributed by atoms with E-state index in [1.54, 1.807) is 0 Å². The Labute approximate surface area is 134 Å². The molecule has 22 heavy (non-hydrogen) atoms. The molecule has 2 heterocycles. The maximum atomic E-state index is 12.7. The van der Waals surface area contributed by atoms with Crippen molar-refractivity contribution >= 4 is 5.91 Å². The molecule has 0 aromatic heterocycles. The molecule has 1 saturated carbocycles. The lowest BCUT2D eigenvalue weighted by Crippen LogP contribution is -2.58. The highest BCUT2D eigenvalue weighted by Gasteiger charge is 2.39. The van der Waals surface area contributed by atoms with Gasteiger partial charge in [-0.25, -0.2) is 0 Å². The van der Waals surface area contributed by atoms with Gasteiger partial charge in [-0.15, -0.1) is 0 Å². The summed E-state index contributed by atoms with van der Waals surface area (Å²) in [5.41, 5.74) is 5.84. The van der Waals surface area contributed by atoms with Crippen LogP contribution in [0.2, 0.25) is 0 Å². The third-order valence-electron chi connectivity index (χ3n) is 5.69. The molecule has 1 amide bonds. The molecule has 1 aliphatic carbocycles. The zero-order chi connectivity index (χ0) is 15.4. The van der Waals surface area contributed by atoms with Crippen molar-refractivity contribution in [1.82, 2.24) is 9.80 Å². The normalized spacial score (nSPS) is 27.8. The maximum Gasteiger partial charge on any atom is 0.242 e. The topological polar surface area (TPSA) is 58.8 Å². The first-order valence-corrected chi connectivity index (χ1v) is 9.06. The first kappa shape index (κ1) is 16.2. The van der Waals surface area contributed by atoms with Gasteiger partial charge in [0, 0.05) is 32.7 Å². The van der Waals surface area contributed by atoms with Gasteiger partial charge in [0.2, 0.25) is 5.91 Å². The minimum absolute atomic E-state index is 0.219. The van der Waals surface area contributed by atoms with E-state index in [-0.39, 0.29) is 5.91 Å². The van der Waals surface area contributed by atoms with E-state index in [4.69, 9.17) is 10.5 Å². The summed E-state index contributed by atoms with van der Waals surface area (Å²) in [5, 5.41) is 0. The molecule has 3 fully saturated rings. The first-order valence-electron chi connectivity index (χ1n) is 9.06. The highest BCUT2D eigenvalue weighted by atomic mass is 16.5. The molecule has 0 aromatic carbocycles. The fourth-order valence-electron chi connectivity index (χ4n) is 4.18. The van der Waals surface area contributed by atoms with Crippen molar-refractivity contribution in [2.75, 3.05) is 45.9 Å². The molecule has 3 rings (SSSR count). The smallest absolute Gasteiger partial charge is 0.242 e. The minimum Gasteiger partial charge on any atom is -0.379 e. The van der Waals surface area contributed by atoms with Gasteiger partial charge in [-0.2, -0.15) is 0 Å². The number of rotatable bonds is 3. The summed E-state index contributed by atoms with van der Waals surface area (Å²) in [7, 11) is 0. The van der Waals surface area contributed by atoms with Crippen LogP contribution >= 0.6 is 0 Å². The fraction of sp³-hybridized carbons (Fsp3) is 0.941. The van der Waals surface area contributed by atoms with Gasteiger partial charge in [0.05, 0.1) is 18.8 Å². The molecule has 2 saturated heterocycles. The number of carbonyl (C=O) groups is 1. The lowest BCUT2D eigenvalue weighted by atomic mass is 9.81. The maximum absolute atomic E-state index is 12.7. The number of likely N-dealkylation sites (tertiary alicyclic amines) is 1. The van der Waals surface area contributed by atoms with E-state index >= 15 is 0 Å². The van der Waals surface area contributed by atoms with Crippen LogP contribution < -0.4 is 5.73 Å². The highest BCUT2D eigenvalue weighted by Crippen LogP contribution is 2.29. The molecule has 2 N–H and O–H groups in total. The van der Waals surface area contributed by atoms with Gasteiger partial charge in [0.15, 0.2) is 0 Å². The second kappa shape index (κ2) is 7.28. The van der Waals surface area contributed by atoms with E-state index in [1.807, 2.05) is 4.90 Å². The summed E-state index contributed by atoms with van der Waals surface area (Å²) in [6.07, 6.45) is 7.44. The number of piperidine rings is 1. The predicted molar refractivity (Wildman–Crippen MR) is 86.6 cm³/mol. The minimum atomic E-state index is -0.560. The van der Waals surface area contributed by atoms with Gasteiger partial charge >= 0.3 is 0 Å². The zero-order valence-corrected chi connectivity index (χ0v) is 13.8. The highest BCUT2D eigenvalue weighted by molar-refractivity contribution is 5.86. The van der Waals surface area contributed by atoms with E-state index in [0.717, 1.165) is 83.8 Å². The van der Waals surface area contributed by atoms with E-state index in [0.29, 0.717) is 0 Å². The van der Waals surface area contributed by atoms with Crippen molar-refractivity contribution < 1.29 is 9.53 Å². The van der Waals surface area contributed by atoms with Crippen molar-refractivity contribution in [2.45, 2.75) is 50.5 Å². The third-order valence-corrected chi connectivity index (χ3v) is 5.69. The van der Waals surface area contributed by atoms with Crippen LogP contribution in [0.15, 0.2) is 0 Å². The molecule has 5 heteroatoms. The van der Waals surface area contributed by atoms with Crippen molar-refractivity contribution in [3.05, 3.63) is 0 Å². The van der Waals surface area contributed by atoms with Crippen molar-refractivity contribution in [3.8, 4) is 0 Å². The molecular formula is C17H31N3O2. The summed E-state index contributed by atoms with van der Waals surface area (Å²) in [6, 6.07) is 0. The van der Waals surface area contributed by atoms with Gasteiger partial charge in [-0.05, 0) is 31.6 Å². The van der Waals surface area contributed by atoms with Crippen LogP contribution in [0.5, 0.6) is 0 Å². The monoisotopic (exact) mass is 309 g/mol. The quantitative estimate of drug-likeness (QED) is 0.851. The molecule has 0 radical (unpaired) electrons. The van der Waals surface area contributed by atoms with Crippen LogP contribution in [0.25, 0.3) is 0 Å². The first-order chi connectivity index (χ1) is 10.7. The summed E-state index contributed by atoms with van der Waals surface area (Å²) in [4.78, 5) is 17.3. The predicted octanol–water partition coefficient (Wildman–Crippen LogP) is 1.22. The van der Waals surface area contributed by atoms with Crippen molar-refractivity contribution in [3.63, 3.8) is 0 Å². The van der Waals surface area contributed by atoms with Crippen LogP contribution in [0, 0.1) is 5.92 Å². The summed E-state index contributed by atoms with van der Waals surface area (Å²) in [5.74, 6) is 0.944. The Morgan fingerprint density at radius 1 is 1.05 bits per heavy atom. The van der Waals surface area contributed by atoms with Gasteiger partial charge in [-0.1, -0.05) is 19.3 Å². The van der Waals surface area contributed by atoms with Gasteiger partial charge in [0.1, 0.15) is 0 Å². The van der Waals surface area contributed by atoms with E-state index in [9.17, 15) is 4.79 Å². The van der Waals surface area contributed by atoms with Crippen LogP contribution in [0.1, 0.15) is 44.9 Å². The SMILES string of the molecule is NC1(C(=O)N2CCC(CN3CCOCC3)CC2)CCCCC1. The van der Waals surface area contributed by atoms with Crippen molar-refractivity contribution in [1.29, 1.82) is 0 Å². The largest absolute Gasteiger partial charge is 0.379 e. The number of morpholine rings is 1. The molecule has 0 unspecified atom stereocenters. The van der Waals surface area contributed by atoms with Crippen LogP contribution in [0.4, 0.5) is 0 Å². The van der Waals surface area contributed by atoms with Crippen LogP contribution in [-0.2, 0) is 9.53 Å². The Hall–Kier alpha value is -0.650. The van der Waals surface area contributed by atoms with E-state index < -0.39 is 5.54 Å². The number of ether oxygens (including phenoxy) is 1. The molecule has 3 aliphatic rings. The lowest BCUT2D eigenvalue weighted by molar-refractivity contribution is -0.139. The fourth-order valence-corrected chi connectivity index (χ4v) is 4.18. The van der Waals surface area contributed by atoms with Gasteiger partial charge < -0.3 is 15.4 Å². The molecule has 0 bridgehead atoms. The average molecular weight is 309 g/mol. The summed E-state index contributed by atoms with van der Waals surface area (Å²) >= 11 is 0. The van der Waals surface area contributed by atoms with E-state index in [2.05, 4.69) is 4.90 Å². The Morgan fingerprint density at radius 3 is 2.32 bits per heavy atom. The zero-order valence-electron chi connectivity index (χ0n) is 13.8. The molecule has 0 spiro atoms. The van der Waals surface area contributed by atoms with Gasteiger partial charge in [-0.3, -0.25) is 9.69 Å². The summed E-state index contributed by atoms with van der Waals surface area (Å²) < 4.78 is 5.41. The van der Waals surface area contributed by atoms with Crippen LogP contribution in [0.3, 0.4) is 0 Å². The Balaban J connectivity index is 1.45. The molecule has 0 atom stereocenters. The molecule has 5 nitrogen and oxygen atoms in total. The second-order valence-electron chi connectivity index (χ2n) is 7.37. The lowest BCUT2D eigenvalue weighted by Gasteiger charge is -2.41. The van der Waals surface area contributed by atoms with Crippen LogP contribution in [-0.4, -0.2) is 67.2 Å². The Bertz CT molecular complexity index is 368. The van der Waals surface area contributed by atoms with Crippen molar-refractivity contribution in [2.24, 2.45) is 11.7 Å². The molecule has 2 aliphatic heterocycles. The second-order valence-corrected chi connectivity index (χ2v) is 7.37. The number of hydrogen-bond acceptors (Lipinski definition) is 4. The molecular weight excluding hydrogens is 278 g/mol. The number of amides is 1. The number of nitrogens with zero attached hydrogens (tertiary/aromatic N) is 2. The van der Waals surface area contributed by atoms with Gasteiger partial charge in [0.25, 0.3) is 0 Å². The Kier molecular flexibility index (Phi) is 5.37. The third kappa shape index (κ3) is 3.81. The number of nitrogens with two attached hydrogens (primary N) is 1. The molecule has 0 aromatic rings. The van der Waals surface area contributed by atoms with E-state index in [1.165, 1.54) is 13.0 Å².